The molecule has 19 heavy (non-hydrogen) atoms. The van der Waals surface area contributed by atoms with E-state index in [4.69, 9.17) is 0 Å². The van der Waals surface area contributed by atoms with Crippen LogP contribution in [0.5, 0.6) is 0 Å². The Morgan fingerprint density at radius 2 is 1.95 bits per heavy atom. The van der Waals surface area contributed by atoms with E-state index in [0.29, 0.717) is 32.7 Å². The predicted octanol–water partition coefficient (Wildman–Crippen LogP) is 1.88. The van der Waals surface area contributed by atoms with Crippen molar-refractivity contribution in [2.45, 2.75) is 13.5 Å². The van der Waals surface area contributed by atoms with Crippen LogP contribution < -0.4 is 5.32 Å². The Bertz CT molecular complexity index is 469. The van der Waals surface area contributed by atoms with Crippen molar-refractivity contribution in [3.63, 3.8) is 0 Å². The number of nitrogens with zero attached hydrogens (tertiary/aromatic N) is 2. The number of rotatable bonds is 2. The number of nitrogens with one attached hydrogen (secondary N) is 1. The van der Waals surface area contributed by atoms with E-state index in [1.54, 1.807) is 28.1 Å². The van der Waals surface area contributed by atoms with E-state index in [-0.39, 0.29) is 11.9 Å². The second-order valence-corrected chi connectivity index (χ2v) is 6.29. The maximum atomic E-state index is 12.0. The fourth-order valence-corrected chi connectivity index (χ4v) is 3.34. The highest BCUT2D eigenvalue weighted by atomic mass is 79.9. The van der Waals surface area contributed by atoms with Gasteiger partial charge in [-0.2, -0.15) is 0 Å². The number of urea groups is 1. The molecule has 0 bridgehead atoms. The fraction of sp³-hybridized carbons (Fsp3) is 0.500. The number of thiophene rings is 1. The van der Waals surface area contributed by atoms with Crippen LogP contribution in [0.2, 0.25) is 0 Å². The molecule has 0 saturated carbocycles. The molecule has 1 N–H and O–H groups in total. The summed E-state index contributed by atoms with van der Waals surface area (Å²) in [6, 6.07) is 1.94. The van der Waals surface area contributed by atoms with Crippen molar-refractivity contribution in [1.82, 2.24) is 15.1 Å². The first-order valence-electron chi connectivity index (χ1n) is 6.07. The largest absolute Gasteiger partial charge is 0.339 e. The average molecular weight is 346 g/mol. The molecule has 2 rings (SSSR count). The average Bonchev–Trinajstić information content (AvgIpc) is 2.82. The summed E-state index contributed by atoms with van der Waals surface area (Å²) in [5, 5.41) is 4.89. The summed E-state index contributed by atoms with van der Waals surface area (Å²) in [5.74, 6) is 0.0727. The zero-order valence-corrected chi connectivity index (χ0v) is 13.1. The highest BCUT2D eigenvalue weighted by Gasteiger charge is 2.21. The molecule has 2 heterocycles. The Hall–Kier alpha value is -1.08. The minimum atomic E-state index is -0.0623. The fourth-order valence-electron chi connectivity index (χ4n) is 1.95. The number of hydrogen-bond acceptors (Lipinski definition) is 3. The van der Waals surface area contributed by atoms with Crippen molar-refractivity contribution in [1.29, 1.82) is 0 Å². The molecule has 1 aliphatic heterocycles. The Morgan fingerprint density at radius 3 is 2.47 bits per heavy atom. The molecule has 0 radical (unpaired) electrons. The summed E-state index contributed by atoms with van der Waals surface area (Å²) in [6.07, 6.45) is 0. The van der Waals surface area contributed by atoms with Crippen molar-refractivity contribution in [2.24, 2.45) is 0 Å². The second kappa shape index (κ2) is 6.38. The van der Waals surface area contributed by atoms with Crippen LogP contribution in [0.1, 0.15) is 11.8 Å². The molecule has 1 aromatic rings. The molecule has 0 spiro atoms. The number of halogens is 1. The topological polar surface area (TPSA) is 52.7 Å². The van der Waals surface area contributed by atoms with Gasteiger partial charge in [0.25, 0.3) is 0 Å². The molecule has 0 unspecified atom stereocenters. The van der Waals surface area contributed by atoms with Crippen molar-refractivity contribution in [2.75, 3.05) is 26.2 Å². The van der Waals surface area contributed by atoms with E-state index in [1.807, 2.05) is 11.4 Å². The van der Waals surface area contributed by atoms with Gasteiger partial charge in [0, 0.05) is 47.8 Å². The minimum absolute atomic E-state index is 0.0623. The molecule has 0 aromatic carbocycles. The summed E-state index contributed by atoms with van der Waals surface area (Å²) < 4.78 is 1.04. The Morgan fingerprint density at radius 1 is 1.32 bits per heavy atom. The van der Waals surface area contributed by atoms with Gasteiger partial charge < -0.3 is 15.1 Å². The normalized spacial score (nSPS) is 15.5. The van der Waals surface area contributed by atoms with Gasteiger partial charge in [-0.25, -0.2) is 4.79 Å². The summed E-state index contributed by atoms with van der Waals surface area (Å²) in [6.45, 7) is 4.53. The number of carbonyl (C=O) groups is 2. The van der Waals surface area contributed by atoms with Gasteiger partial charge in [0.05, 0.1) is 6.54 Å². The number of carbonyl (C=O) groups excluding carboxylic acids is 2. The number of piperazine rings is 1. The van der Waals surface area contributed by atoms with Crippen LogP contribution in [-0.4, -0.2) is 47.9 Å². The monoisotopic (exact) mass is 345 g/mol. The molecular formula is C12H16BrN3O2S. The maximum absolute atomic E-state index is 12.0. The Kier molecular flexibility index (Phi) is 4.81. The van der Waals surface area contributed by atoms with E-state index < -0.39 is 0 Å². The van der Waals surface area contributed by atoms with Gasteiger partial charge >= 0.3 is 6.03 Å². The zero-order valence-electron chi connectivity index (χ0n) is 10.7. The summed E-state index contributed by atoms with van der Waals surface area (Å²) in [4.78, 5) is 27.8. The Labute approximate surface area is 124 Å². The third kappa shape index (κ3) is 3.94. The summed E-state index contributed by atoms with van der Waals surface area (Å²) in [5.41, 5.74) is 0. The minimum Gasteiger partial charge on any atom is -0.339 e. The van der Waals surface area contributed by atoms with Gasteiger partial charge in [-0.3, -0.25) is 4.79 Å². The van der Waals surface area contributed by atoms with Crippen LogP contribution in [0.3, 0.4) is 0 Å². The lowest BCUT2D eigenvalue weighted by molar-refractivity contribution is -0.130. The predicted molar refractivity (Wildman–Crippen MR) is 78.1 cm³/mol. The van der Waals surface area contributed by atoms with Gasteiger partial charge in [-0.1, -0.05) is 0 Å². The first-order chi connectivity index (χ1) is 9.06. The number of amides is 3. The summed E-state index contributed by atoms with van der Waals surface area (Å²) >= 11 is 5.00. The molecule has 1 saturated heterocycles. The van der Waals surface area contributed by atoms with Crippen molar-refractivity contribution in [3.05, 3.63) is 20.8 Å². The quantitative estimate of drug-likeness (QED) is 0.889. The molecule has 7 heteroatoms. The van der Waals surface area contributed by atoms with Gasteiger partial charge in [0.2, 0.25) is 5.91 Å². The lowest BCUT2D eigenvalue weighted by Gasteiger charge is -2.34. The molecule has 1 aromatic heterocycles. The van der Waals surface area contributed by atoms with E-state index in [0.717, 1.165) is 9.35 Å². The van der Waals surface area contributed by atoms with Crippen LogP contribution in [0.15, 0.2) is 15.9 Å². The first kappa shape index (κ1) is 14.3. The highest BCUT2D eigenvalue weighted by Crippen LogP contribution is 2.19. The summed E-state index contributed by atoms with van der Waals surface area (Å²) in [7, 11) is 0. The molecule has 0 aliphatic carbocycles. The van der Waals surface area contributed by atoms with E-state index in [1.165, 1.54) is 0 Å². The first-order valence-corrected chi connectivity index (χ1v) is 7.74. The molecular weight excluding hydrogens is 330 g/mol. The van der Waals surface area contributed by atoms with Crippen LogP contribution >= 0.6 is 27.3 Å². The third-order valence-electron chi connectivity index (χ3n) is 3.05. The van der Waals surface area contributed by atoms with E-state index in [2.05, 4.69) is 21.2 Å². The molecule has 1 fully saturated rings. The van der Waals surface area contributed by atoms with Gasteiger partial charge in [0.1, 0.15) is 0 Å². The smallest absolute Gasteiger partial charge is 0.317 e. The third-order valence-corrected chi connectivity index (χ3v) is 4.75. The van der Waals surface area contributed by atoms with Crippen LogP contribution in [0.25, 0.3) is 0 Å². The SMILES string of the molecule is CC(=O)N1CCN(C(=O)NCc2cc(Br)cs2)CC1. The lowest BCUT2D eigenvalue weighted by atomic mass is 10.3. The Balaban J connectivity index is 1.77. The second-order valence-electron chi connectivity index (χ2n) is 4.38. The zero-order chi connectivity index (χ0) is 13.8. The number of hydrogen-bond donors (Lipinski definition) is 1. The van der Waals surface area contributed by atoms with Gasteiger partial charge in [0.15, 0.2) is 0 Å². The molecule has 5 nitrogen and oxygen atoms in total. The molecule has 3 amide bonds. The van der Waals surface area contributed by atoms with Crippen LogP contribution in [0, 0.1) is 0 Å². The highest BCUT2D eigenvalue weighted by molar-refractivity contribution is 9.10. The standard InChI is InChI=1S/C12H16BrN3O2S/c1-9(17)15-2-4-16(5-3-15)12(18)14-7-11-6-10(13)8-19-11/h6,8H,2-5,7H2,1H3,(H,14,18). The molecule has 0 atom stereocenters. The van der Waals surface area contributed by atoms with Crippen LogP contribution in [-0.2, 0) is 11.3 Å². The van der Waals surface area contributed by atoms with Crippen molar-refractivity contribution >= 4 is 39.2 Å². The lowest BCUT2D eigenvalue weighted by Crippen LogP contribution is -2.52. The van der Waals surface area contributed by atoms with Crippen molar-refractivity contribution in [3.8, 4) is 0 Å². The maximum Gasteiger partial charge on any atom is 0.317 e. The van der Waals surface area contributed by atoms with Crippen LogP contribution in [0.4, 0.5) is 4.79 Å². The van der Waals surface area contributed by atoms with Gasteiger partial charge in [-0.15, -0.1) is 11.3 Å². The van der Waals surface area contributed by atoms with E-state index in [9.17, 15) is 9.59 Å². The van der Waals surface area contributed by atoms with Crippen molar-refractivity contribution < 1.29 is 9.59 Å². The van der Waals surface area contributed by atoms with E-state index >= 15 is 0 Å². The molecule has 1 aliphatic rings. The molecule has 104 valence electrons. The van der Waals surface area contributed by atoms with Gasteiger partial charge in [-0.05, 0) is 22.0 Å².